The predicted molar refractivity (Wildman–Crippen MR) is 285 cm³/mol. The van der Waals surface area contributed by atoms with Gasteiger partial charge in [0.1, 0.15) is 5.78 Å². The number of aliphatic carboxylic acids is 4. The Morgan fingerprint density at radius 3 is 1.70 bits per heavy atom. The average Bonchev–Trinajstić information content (AvgIpc) is 3.31. The Bertz CT molecular complexity index is 2140. The first kappa shape index (κ1) is 65.4. The number of carboxylic acid groups (broad SMARTS) is 4. The fourth-order valence-corrected chi connectivity index (χ4v) is 9.28. The average molecular weight is 1210 g/mol. The number of carboxylic acids is 4. The number of thiocarbonyl (C=S) groups is 2. The zero-order chi connectivity index (χ0) is 53.0. The van der Waals surface area contributed by atoms with Crippen LogP contribution in [0.15, 0.2) is 48.5 Å². The monoisotopic (exact) mass is 1210 g/mol. The van der Waals surface area contributed by atoms with Crippen LogP contribution in [0, 0.1) is 51.8 Å². The minimum Gasteiger partial charge on any atom is -0.481 e. The molecule has 6 N–H and O–H groups in total. The third kappa shape index (κ3) is 28.7. The molecular weight excluding hydrogens is 1140 g/mol. The van der Waals surface area contributed by atoms with E-state index in [2.05, 4.69) is 10.6 Å². The number of Topliss-reactive ketones (excluding diaryl/α,β-unsaturated/α-hetero) is 3. The number of benzene rings is 2. The summed E-state index contributed by atoms with van der Waals surface area (Å²) in [6, 6.07) is 14.8. The van der Waals surface area contributed by atoms with E-state index in [1.807, 2.05) is 42.3 Å². The van der Waals surface area contributed by atoms with Crippen molar-refractivity contribution in [1.82, 2.24) is 24.9 Å². The Morgan fingerprint density at radius 2 is 1.19 bits per heavy atom. The molecule has 0 aromatic heterocycles. The first-order valence-corrected chi connectivity index (χ1v) is 26.6. The molecule has 2 aromatic carbocycles. The zero-order valence-corrected chi connectivity index (χ0v) is 46.6. The van der Waals surface area contributed by atoms with E-state index >= 15 is 0 Å². The standard InChI is InChI=1S/C51H72N6O12S3.Gd/c1-36(70)53-42-14-11-38(12-15-42)28-45(71)10-5-3-4-8-41(51(68)69)29-44(59)31-52-50(67)40(17-26-72-2)30-46(60)39-9-6-7-37(27-39)13-16-43(58)32-54-18-20-55(33-47(61)62)22-24-57(35-49(65)66)25-23-56(21-19-54)34-48(63)64;/h6-7,9,11-12,14-15,27,40-41H,3-5,8,10,13,16-26,28-35H2,1-2H3,(H,52,67)(H,53,70)(H,61,62)(H,63,64)(H,65,66)(H,68,69);/t40-,41-;/m1./s1. The first-order chi connectivity index (χ1) is 34.3. The minimum atomic E-state index is -1.07. The number of carbonyl (C=O) groups is 8. The molecule has 2 atom stereocenters. The van der Waals surface area contributed by atoms with E-state index in [0.717, 1.165) is 40.9 Å². The van der Waals surface area contributed by atoms with Crippen molar-refractivity contribution in [1.29, 1.82) is 0 Å². The predicted octanol–water partition coefficient (Wildman–Crippen LogP) is 4.70. The van der Waals surface area contributed by atoms with Crippen molar-refractivity contribution in [2.75, 3.05) is 102 Å². The molecule has 18 nitrogen and oxygen atoms in total. The van der Waals surface area contributed by atoms with Crippen molar-refractivity contribution in [2.24, 2.45) is 11.8 Å². The number of anilines is 1. The molecular formula is C51H72GdN6O12S3. The molecule has 1 aliphatic heterocycles. The van der Waals surface area contributed by atoms with Gasteiger partial charge in [0.15, 0.2) is 11.6 Å². The van der Waals surface area contributed by atoms with Crippen LogP contribution in [-0.2, 0) is 46.4 Å². The molecule has 0 radical (unpaired) electrons. The second-order valence-electron chi connectivity index (χ2n) is 18.3. The van der Waals surface area contributed by atoms with Crippen LogP contribution in [0.4, 0.5) is 5.69 Å². The van der Waals surface area contributed by atoms with Crippen LogP contribution in [-0.4, -0.2) is 194 Å². The van der Waals surface area contributed by atoms with Gasteiger partial charge in [-0.25, -0.2) is 0 Å². The number of hydrogen-bond donors (Lipinski definition) is 6. The number of rotatable bonds is 32. The molecule has 1 amide bonds. The van der Waals surface area contributed by atoms with Crippen molar-refractivity contribution in [3.05, 3.63) is 65.2 Å². The molecule has 0 saturated carbocycles. The maximum Gasteiger partial charge on any atom is 0.317 e. The van der Waals surface area contributed by atoms with E-state index in [1.54, 1.807) is 39.0 Å². The van der Waals surface area contributed by atoms with Gasteiger partial charge in [-0.15, -0.1) is 0 Å². The second kappa shape index (κ2) is 36.3. The van der Waals surface area contributed by atoms with Crippen LogP contribution in [0.5, 0.6) is 0 Å². The first-order valence-electron chi connectivity index (χ1n) is 24.4. The van der Waals surface area contributed by atoms with Crippen molar-refractivity contribution >= 4 is 98.9 Å². The Kier molecular flexibility index (Phi) is 32.5. The van der Waals surface area contributed by atoms with Gasteiger partial charge in [-0.1, -0.05) is 67.6 Å². The molecule has 73 heavy (non-hydrogen) atoms. The summed E-state index contributed by atoms with van der Waals surface area (Å²) in [7, 11) is 0. The summed E-state index contributed by atoms with van der Waals surface area (Å²) >= 11 is 12.2. The summed E-state index contributed by atoms with van der Waals surface area (Å²) in [4.78, 5) is 109. The normalized spacial score (nSPS) is 15.0. The van der Waals surface area contributed by atoms with Crippen molar-refractivity contribution < 1.29 is 98.7 Å². The Hall–Kier alpha value is -3.71. The summed E-state index contributed by atoms with van der Waals surface area (Å²) in [5, 5.41) is 44.1. The van der Waals surface area contributed by atoms with E-state index in [0.29, 0.717) is 61.5 Å². The van der Waals surface area contributed by atoms with E-state index in [9.17, 15) is 58.8 Å². The molecule has 1 heterocycles. The maximum absolute atomic E-state index is 13.6. The molecule has 22 heteroatoms. The van der Waals surface area contributed by atoms with Gasteiger partial charge in [-0.2, -0.15) is 11.8 Å². The van der Waals surface area contributed by atoms with Gasteiger partial charge in [-0.3, -0.25) is 58.0 Å². The Morgan fingerprint density at radius 1 is 0.644 bits per heavy atom. The van der Waals surface area contributed by atoms with E-state index in [-0.39, 0.29) is 143 Å². The largest absolute Gasteiger partial charge is 0.481 e. The maximum atomic E-state index is 13.6. The number of thioether (sulfide) groups is 1. The summed E-state index contributed by atoms with van der Waals surface area (Å²) in [5.74, 6) is -6.51. The minimum absolute atomic E-state index is 0. The number of carbonyl (C=O) groups excluding carboxylic acids is 4. The van der Waals surface area contributed by atoms with Gasteiger partial charge in [0.05, 0.1) is 43.6 Å². The summed E-state index contributed by atoms with van der Waals surface area (Å²) in [6.07, 6.45) is 6.24. The fourth-order valence-electron chi connectivity index (χ4n) is 8.33. The molecule has 2 aromatic rings. The Labute approximate surface area is 475 Å². The summed E-state index contributed by atoms with van der Waals surface area (Å²) in [6.45, 7) is 2.91. The van der Waals surface area contributed by atoms with E-state index < -0.39 is 47.4 Å². The third-order valence-corrected chi connectivity index (χ3v) is 13.4. The van der Waals surface area contributed by atoms with Gasteiger partial charge in [0.2, 0.25) is 5.91 Å². The molecule has 0 spiro atoms. The molecule has 1 aliphatic rings. The van der Waals surface area contributed by atoms with E-state index in [1.165, 1.54) is 11.8 Å². The topological polar surface area (TPSA) is 254 Å². The molecule has 1 fully saturated rings. The van der Waals surface area contributed by atoms with Gasteiger partial charge < -0.3 is 31.1 Å². The van der Waals surface area contributed by atoms with Gasteiger partial charge in [-0.05, 0) is 85.2 Å². The quantitative estimate of drug-likeness (QED) is 0.0330. The van der Waals surface area contributed by atoms with Crippen LogP contribution < -0.4 is 10.6 Å². The van der Waals surface area contributed by atoms with Gasteiger partial charge in [0.25, 0.3) is 0 Å². The smallest absolute Gasteiger partial charge is 0.317 e. The SMILES string of the molecule is CSCC[C@H](CC(=O)c1cccc(CCC(=O)CN2CCN(CC(=O)O)CCN(CC(=O)O)CCN(CC(=O)O)CC2)c1)C(=O)NCC(=O)C[C@@H](CCCCCC(=S)Cc1ccc(NC(C)=S)cc1)C(=O)O.[Gd]. The molecule has 3 rings (SSSR count). The molecule has 404 valence electrons. The van der Waals surface area contributed by atoms with Crippen LogP contribution in [0.1, 0.15) is 86.2 Å². The fraction of sp³-hybridized carbons (Fsp3) is 0.569. The summed E-state index contributed by atoms with van der Waals surface area (Å²) < 4.78 is 0. The van der Waals surface area contributed by atoms with Gasteiger partial charge in [0, 0.05) is 135 Å². The number of nitrogens with one attached hydrogen (secondary N) is 2. The van der Waals surface area contributed by atoms with Gasteiger partial charge >= 0.3 is 23.9 Å². The number of aryl methyl sites for hydroxylation is 1. The number of ketones is 3. The van der Waals surface area contributed by atoms with Crippen LogP contribution in [0.25, 0.3) is 0 Å². The van der Waals surface area contributed by atoms with Crippen LogP contribution in [0.2, 0.25) is 0 Å². The van der Waals surface area contributed by atoms with Crippen LogP contribution >= 0.6 is 36.2 Å². The second-order valence-corrected chi connectivity index (χ2v) is 20.5. The molecule has 0 aliphatic carbocycles. The Balaban J connectivity index is 0.0000183. The van der Waals surface area contributed by atoms with E-state index in [4.69, 9.17) is 24.4 Å². The third-order valence-electron chi connectivity index (χ3n) is 12.3. The molecule has 1 saturated heterocycles. The molecule has 0 unspecified atom stereocenters. The number of unbranched alkanes of at least 4 members (excludes halogenated alkanes) is 2. The van der Waals surface area contributed by atoms with Crippen molar-refractivity contribution in [3.63, 3.8) is 0 Å². The summed E-state index contributed by atoms with van der Waals surface area (Å²) in [5.41, 5.74) is 3.11. The van der Waals surface area contributed by atoms with Crippen LogP contribution in [0.3, 0.4) is 0 Å². The van der Waals surface area contributed by atoms with Crippen molar-refractivity contribution in [2.45, 2.75) is 77.6 Å². The number of hydrogen-bond acceptors (Lipinski definition) is 15. The number of nitrogens with zero attached hydrogens (tertiary/aromatic N) is 4. The number of amides is 1. The van der Waals surface area contributed by atoms with Crippen molar-refractivity contribution in [3.8, 4) is 0 Å². The molecule has 0 bridgehead atoms. The zero-order valence-electron chi connectivity index (χ0n) is 41.9.